The van der Waals surface area contributed by atoms with E-state index in [1.807, 2.05) is 58.1 Å². The van der Waals surface area contributed by atoms with Crippen LogP contribution in [0.3, 0.4) is 0 Å². The van der Waals surface area contributed by atoms with Gasteiger partial charge in [-0.25, -0.2) is 4.39 Å². The van der Waals surface area contributed by atoms with Crippen molar-refractivity contribution < 1.29 is 28.5 Å². The SMILES string of the molecule is CCCCNCC(O)COC(C)/C(C)=C/C(=C\C=C\CCC(=O)OCC)OCC.Cc1ccc(C)c(F)c1. The highest BCUT2D eigenvalue weighted by Gasteiger charge is 2.10. The molecule has 6 nitrogen and oxygen atoms in total. The number of benzene rings is 1. The van der Waals surface area contributed by atoms with E-state index in [4.69, 9.17) is 14.2 Å². The molecule has 0 amide bonds. The van der Waals surface area contributed by atoms with Gasteiger partial charge in [-0.3, -0.25) is 4.79 Å². The fourth-order valence-electron chi connectivity index (χ4n) is 3.05. The number of allylic oxidation sites excluding steroid dienone is 4. The van der Waals surface area contributed by atoms with Crippen LogP contribution in [0, 0.1) is 19.7 Å². The van der Waals surface area contributed by atoms with Crippen molar-refractivity contribution in [3.05, 3.63) is 70.8 Å². The van der Waals surface area contributed by atoms with Crippen molar-refractivity contribution >= 4 is 5.97 Å². The maximum Gasteiger partial charge on any atom is 0.306 e. The lowest BCUT2D eigenvalue weighted by Crippen LogP contribution is -2.32. The number of ether oxygens (including phenoxy) is 3. The maximum absolute atomic E-state index is 12.6. The summed E-state index contributed by atoms with van der Waals surface area (Å²) < 4.78 is 28.9. The van der Waals surface area contributed by atoms with Gasteiger partial charge in [-0.1, -0.05) is 37.6 Å². The lowest BCUT2D eigenvalue weighted by Gasteiger charge is -2.18. The fourth-order valence-corrected chi connectivity index (χ4v) is 3.05. The molecule has 1 aromatic carbocycles. The molecule has 0 saturated carbocycles. The van der Waals surface area contributed by atoms with Crippen LogP contribution in [0.2, 0.25) is 0 Å². The predicted molar refractivity (Wildman–Crippen MR) is 154 cm³/mol. The summed E-state index contributed by atoms with van der Waals surface area (Å²) in [5.74, 6) is 0.431. The van der Waals surface area contributed by atoms with Gasteiger partial charge < -0.3 is 24.6 Å². The first-order valence-corrected chi connectivity index (χ1v) is 13.7. The van der Waals surface area contributed by atoms with E-state index in [1.54, 1.807) is 19.9 Å². The molecule has 0 bridgehead atoms. The Labute approximate surface area is 230 Å². The number of carbonyl (C=O) groups is 1. The first kappa shape index (κ1) is 35.5. The molecule has 0 saturated heterocycles. The molecule has 1 rings (SSSR count). The smallest absolute Gasteiger partial charge is 0.306 e. The second-order valence-corrected chi connectivity index (χ2v) is 9.10. The lowest BCUT2D eigenvalue weighted by atomic mass is 10.1. The Bertz CT molecular complexity index is 866. The molecule has 7 heteroatoms. The third kappa shape index (κ3) is 18.7. The van der Waals surface area contributed by atoms with Crippen LogP contribution in [-0.2, 0) is 19.0 Å². The van der Waals surface area contributed by atoms with Crippen LogP contribution in [-0.4, -0.2) is 56.2 Å². The average molecular weight is 536 g/mol. The standard InChI is InChI=1S/C23H41NO5.C8H9F/c1-6-9-15-24-17-21(25)18-29-20(5)19(4)16-22(27-7-2)13-11-10-12-14-23(26)28-8-3;1-6-3-4-7(2)8(9)5-6/h10-11,13,16,20-21,24-25H,6-9,12,14-15,17-18H2,1-5H3;3-5H,1-2H3/b11-10+,19-16+,22-13+;. The molecule has 0 aliphatic heterocycles. The number of aliphatic hydroxyl groups is 1. The fraction of sp³-hybridized carbons (Fsp3) is 0.581. The van der Waals surface area contributed by atoms with Gasteiger partial charge in [0.2, 0.25) is 0 Å². The van der Waals surface area contributed by atoms with Gasteiger partial charge in [0.15, 0.2) is 0 Å². The lowest BCUT2D eigenvalue weighted by molar-refractivity contribution is -0.143. The van der Waals surface area contributed by atoms with Crippen molar-refractivity contribution in [3.8, 4) is 0 Å². The van der Waals surface area contributed by atoms with Crippen molar-refractivity contribution in [2.45, 2.75) is 86.4 Å². The van der Waals surface area contributed by atoms with Gasteiger partial charge >= 0.3 is 5.97 Å². The molecule has 0 aliphatic carbocycles. The Morgan fingerprint density at radius 2 is 1.87 bits per heavy atom. The molecule has 2 atom stereocenters. The van der Waals surface area contributed by atoms with Crippen LogP contribution < -0.4 is 5.32 Å². The molecule has 0 spiro atoms. The van der Waals surface area contributed by atoms with Crippen LogP contribution in [0.5, 0.6) is 0 Å². The summed E-state index contributed by atoms with van der Waals surface area (Å²) in [5, 5.41) is 13.2. The Kier molecular flexibility index (Phi) is 21.0. The zero-order valence-corrected chi connectivity index (χ0v) is 24.5. The molecule has 0 fully saturated rings. The first-order chi connectivity index (χ1) is 18.1. The maximum atomic E-state index is 12.6. The number of carbonyl (C=O) groups excluding carboxylic acids is 1. The van der Waals surface area contributed by atoms with Gasteiger partial charge in [0.25, 0.3) is 0 Å². The minimum atomic E-state index is -0.522. The van der Waals surface area contributed by atoms with E-state index in [1.165, 1.54) is 6.07 Å². The molecule has 216 valence electrons. The summed E-state index contributed by atoms with van der Waals surface area (Å²) in [6.45, 7) is 16.2. The second kappa shape index (κ2) is 22.5. The van der Waals surface area contributed by atoms with E-state index in [-0.39, 0.29) is 24.5 Å². The number of unbranched alkanes of at least 4 members (excludes halogenated alkanes) is 1. The Hall–Kier alpha value is -2.48. The number of esters is 1. The number of rotatable bonds is 17. The summed E-state index contributed by atoms with van der Waals surface area (Å²) >= 11 is 0. The van der Waals surface area contributed by atoms with Gasteiger partial charge in [0.1, 0.15) is 11.6 Å². The Morgan fingerprint density at radius 1 is 1.16 bits per heavy atom. The summed E-state index contributed by atoms with van der Waals surface area (Å²) in [4.78, 5) is 11.3. The normalized spacial score (nSPS) is 13.6. The highest BCUT2D eigenvalue weighted by Crippen LogP contribution is 2.12. The van der Waals surface area contributed by atoms with E-state index in [0.29, 0.717) is 38.2 Å². The van der Waals surface area contributed by atoms with Crippen molar-refractivity contribution in [2.24, 2.45) is 0 Å². The number of aryl methyl sites for hydroxylation is 2. The third-order valence-electron chi connectivity index (χ3n) is 5.49. The van der Waals surface area contributed by atoms with E-state index in [0.717, 1.165) is 36.3 Å². The van der Waals surface area contributed by atoms with Crippen molar-refractivity contribution in [1.82, 2.24) is 5.32 Å². The van der Waals surface area contributed by atoms with Crippen LogP contribution in [0.1, 0.15) is 71.4 Å². The molecular weight excluding hydrogens is 485 g/mol. The Balaban J connectivity index is 0.00000127. The van der Waals surface area contributed by atoms with Crippen molar-refractivity contribution in [1.29, 1.82) is 0 Å². The summed E-state index contributed by atoms with van der Waals surface area (Å²) in [7, 11) is 0. The molecular formula is C31H50FNO5. The van der Waals surface area contributed by atoms with Crippen LogP contribution >= 0.6 is 0 Å². The highest BCUT2D eigenvalue weighted by molar-refractivity contribution is 5.69. The van der Waals surface area contributed by atoms with Crippen LogP contribution in [0.25, 0.3) is 0 Å². The molecule has 0 aromatic heterocycles. The molecule has 2 unspecified atom stereocenters. The first-order valence-electron chi connectivity index (χ1n) is 13.7. The molecule has 1 aromatic rings. The zero-order valence-electron chi connectivity index (χ0n) is 24.5. The van der Waals surface area contributed by atoms with Gasteiger partial charge in [-0.05, 0) is 95.8 Å². The molecule has 0 radical (unpaired) electrons. The van der Waals surface area contributed by atoms with Gasteiger partial charge in [0.05, 0.1) is 32.0 Å². The van der Waals surface area contributed by atoms with E-state index in [2.05, 4.69) is 12.2 Å². The molecule has 0 heterocycles. The molecule has 38 heavy (non-hydrogen) atoms. The topological polar surface area (TPSA) is 77.0 Å². The third-order valence-corrected chi connectivity index (χ3v) is 5.49. The monoisotopic (exact) mass is 535 g/mol. The molecule has 2 N–H and O–H groups in total. The van der Waals surface area contributed by atoms with Crippen LogP contribution in [0.4, 0.5) is 4.39 Å². The van der Waals surface area contributed by atoms with Gasteiger partial charge in [-0.2, -0.15) is 0 Å². The number of aliphatic hydroxyl groups excluding tert-OH is 1. The van der Waals surface area contributed by atoms with E-state index < -0.39 is 6.10 Å². The number of hydrogen-bond acceptors (Lipinski definition) is 6. The number of nitrogens with one attached hydrogen (secondary N) is 1. The predicted octanol–water partition coefficient (Wildman–Crippen LogP) is 6.35. The minimum absolute atomic E-state index is 0.116. The summed E-state index contributed by atoms with van der Waals surface area (Å²) in [5.41, 5.74) is 2.69. The van der Waals surface area contributed by atoms with Crippen molar-refractivity contribution in [2.75, 3.05) is 32.9 Å². The quantitative estimate of drug-likeness (QED) is 0.105. The number of halogens is 1. The van der Waals surface area contributed by atoms with E-state index in [9.17, 15) is 14.3 Å². The van der Waals surface area contributed by atoms with Gasteiger partial charge in [-0.15, -0.1) is 0 Å². The zero-order chi connectivity index (χ0) is 28.8. The minimum Gasteiger partial charge on any atom is -0.494 e. The summed E-state index contributed by atoms with van der Waals surface area (Å²) in [6.07, 6.45) is 10.2. The van der Waals surface area contributed by atoms with Crippen LogP contribution in [0.15, 0.2) is 53.8 Å². The summed E-state index contributed by atoms with van der Waals surface area (Å²) in [6, 6.07) is 5.22. The van der Waals surface area contributed by atoms with Crippen molar-refractivity contribution in [3.63, 3.8) is 0 Å². The largest absolute Gasteiger partial charge is 0.494 e. The Morgan fingerprint density at radius 3 is 2.47 bits per heavy atom. The van der Waals surface area contributed by atoms with Gasteiger partial charge in [0, 0.05) is 13.0 Å². The molecule has 0 aliphatic rings. The van der Waals surface area contributed by atoms with E-state index >= 15 is 0 Å². The second-order valence-electron chi connectivity index (χ2n) is 9.10. The number of hydrogen-bond donors (Lipinski definition) is 2. The average Bonchev–Trinajstić information content (AvgIpc) is 2.88. The highest BCUT2D eigenvalue weighted by atomic mass is 19.1.